The van der Waals surface area contributed by atoms with E-state index in [2.05, 4.69) is 25.6 Å². The third-order valence-corrected chi connectivity index (χ3v) is 5.90. The average Bonchev–Trinajstić information content (AvgIpc) is 3.29. The lowest BCUT2D eigenvalue weighted by atomic mass is 10.1. The largest absolute Gasteiger partial charge is 0.374 e. The van der Waals surface area contributed by atoms with E-state index < -0.39 is 0 Å². The summed E-state index contributed by atoms with van der Waals surface area (Å²) in [5.41, 5.74) is 2.24. The Kier molecular flexibility index (Phi) is 7.66. The number of aromatic nitrogens is 4. The van der Waals surface area contributed by atoms with E-state index in [0.29, 0.717) is 46.7 Å². The first kappa shape index (κ1) is 23.3. The number of aldehydes is 1. The topological polar surface area (TPSA) is 102 Å². The Morgan fingerprint density at radius 1 is 1.21 bits per heavy atom. The maximum Gasteiger partial charge on any atom is 0.243 e. The number of ether oxygens (including phenoxy) is 1. The summed E-state index contributed by atoms with van der Waals surface area (Å²) in [6.07, 6.45) is 0.622. The molecule has 1 saturated heterocycles. The van der Waals surface area contributed by atoms with Crippen LogP contribution in [0, 0.1) is 0 Å². The number of nitrogens with one attached hydrogen (secondary N) is 1. The van der Waals surface area contributed by atoms with Crippen LogP contribution in [-0.2, 0) is 22.6 Å². The second kappa shape index (κ2) is 10.8. The molecule has 33 heavy (non-hydrogen) atoms. The molecule has 1 amide bonds. The number of hydrogen-bond donors (Lipinski definition) is 1. The summed E-state index contributed by atoms with van der Waals surface area (Å²) < 4.78 is 5.79. The molecule has 4 rings (SSSR count). The first-order valence-corrected chi connectivity index (χ1v) is 11.1. The van der Waals surface area contributed by atoms with Gasteiger partial charge in [-0.3, -0.25) is 14.5 Å². The van der Waals surface area contributed by atoms with Gasteiger partial charge in [-0.05, 0) is 29.0 Å². The molecule has 0 spiro atoms. The fourth-order valence-electron chi connectivity index (χ4n) is 3.53. The fourth-order valence-corrected chi connectivity index (χ4v) is 3.85. The zero-order chi connectivity index (χ0) is 23.2. The zero-order valence-electron chi connectivity index (χ0n) is 17.7. The highest BCUT2D eigenvalue weighted by Gasteiger charge is 2.21. The van der Waals surface area contributed by atoms with E-state index >= 15 is 0 Å². The second-order valence-corrected chi connectivity index (χ2v) is 8.48. The molecule has 2 aromatic carbocycles. The van der Waals surface area contributed by atoms with Crippen molar-refractivity contribution in [1.82, 2.24) is 30.4 Å². The van der Waals surface area contributed by atoms with E-state index in [-0.39, 0.29) is 18.6 Å². The third-order valence-electron chi connectivity index (χ3n) is 5.16. The Balaban J connectivity index is 1.26. The molecule has 1 aliphatic rings. The van der Waals surface area contributed by atoms with Crippen LogP contribution in [-0.4, -0.2) is 69.6 Å². The van der Waals surface area contributed by atoms with Crippen molar-refractivity contribution in [3.05, 3.63) is 63.6 Å². The number of rotatable bonds is 8. The summed E-state index contributed by atoms with van der Waals surface area (Å²) >= 11 is 12.1. The van der Waals surface area contributed by atoms with Crippen molar-refractivity contribution in [3.63, 3.8) is 0 Å². The number of nitrogens with zero attached hydrogens (tertiary/aromatic N) is 5. The summed E-state index contributed by atoms with van der Waals surface area (Å²) in [5.74, 6) is 0.103. The number of hydrogen-bond acceptors (Lipinski definition) is 7. The average molecular weight is 489 g/mol. The summed E-state index contributed by atoms with van der Waals surface area (Å²) in [5, 5.41) is 16.0. The minimum Gasteiger partial charge on any atom is -0.374 e. The Hall–Kier alpha value is -2.85. The number of carbonyl (C=O) groups is 2. The van der Waals surface area contributed by atoms with Crippen LogP contribution in [0.25, 0.3) is 11.4 Å². The van der Waals surface area contributed by atoms with Gasteiger partial charge in [0.05, 0.1) is 22.8 Å². The van der Waals surface area contributed by atoms with Gasteiger partial charge in [0, 0.05) is 37.3 Å². The molecular weight excluding hydrogens is 467 g/mol. The lowest BCUT2D eigenvalue weighted by Crippen LogP contribution is -2.47. The van der Waals surface area contributed by atoms with Gasteiger partial charge in [-0.2, -0.15) is 4.80 Å². The van der Waals surface area contributed by atoms with Crippen LogP contribution in [0.2, 0.25) is 10.0 Å². The van der Waals surface area contributed by atoms with E-state index in [1.54, 1.807) is 30.3 Å². The highest BCUT2D eigenvalue weighted by molar-refractivity contribution is 6.42. The normalized spacial score (nSPS) is 16.5. The highest BCUT2D eigenvalue weighted by atomic mass is 35.5. The van der Waals surface area contributed by atoms with Crippen molar-refractivity contribution in [2.75, 3.05) is 26.2 Å². The molecule has 0 aliphatic carbocycles. The summed E-state index contributed by atoms with van der Waals surface area (Å²) in [6, 6.07) is 12.5. The molecule has 9 nitrogen and oxygen atoms in total. The Morgan fingerprint density at radius 3 is 2.91 bits per heavy atom. The minimum atomic E-state index is -0.245. The van der Waals surface area contributed by atoms with Gasteiger partial charge in [0.2, 0.25) is 11.7 Å². The molecule has 3 aromatic rings. The standard InChI is InChI=1S/C22H22Cl2N6O3/c23-19-5-4-15(9-20(19)24)11-29-6-7-33-18(12-29)10-25-21(32)13-30-27-22(26-28-30)17-3-1-2-16(8-17)14-31/h1-5,8-9,14,18H,6-7,10-13H2,(H,25,32). The first-order chi connectivity index (χ1) is 16.0. The molecule has 1 N–H and O–H groups in total. The van der Waals surface area contributed by atoms with Crippen LogP contribution in [0.3, 0.4) is 0 Å². The highest BCUT2D eigenvalue weighted by Crippen LogP contribution is 2.23. The predicted octanol–water partition coefficient (Wildman–Crippen LogP) is 2.48. The Bertz CT molecular complexity index is 1140. The van der Waals surface area contributed by atoms with Gasteiger partial charge in [-0.25, -0.2) is 0 Å². The Morgan fingerprint density at radius 2 is 2.09 bits per heavy atom. The molecular formula is C22H22Cl2N6O3. The van der Waals surface area contributed by atoms with Gasteiger partial charge in [0.15, 0.2) is 0 Å². The number of amides is 1. The minimum absolute atomic E-state index is 0.0694. The molecule has 1 atom stereocenters. The Labute approximate surface area is 200 Å². The van der Waals surface area contributed by atoms with Crippen molar-refractivity contribution in [1.29, 1.82) is 0 Å². The number of benzene rings is 2. The quantitative estimate of drug-likeness (QED) is 0.485. The van der Waals surface area contributed by atoms with Gasteiger partial charge in [-0.1, -0.05) is 47.5 Å². The third kappa shape index (κ3) is 6.35. The van der Waals surface area contributed by atoms with E-state index in [9.17, 15) is 9.59 Å². The van der Waals surface area contributed by atoms with E-state index in [4.69, 9.17) is 27.9 Å². The first-order valence-electron chi connectivity index (χ1n) is 10.4. The molecule has 0 saturated carbocycles. The maximum atomic E-state index is 12.4. The molecule has 172 valence electrons. The van der Waals surface area contributed by atoms with Gasteiger partial charge < -0.3 is 10.1 Å². The number of halogens is 2. The summed E-state index contributed by atoms with van der Waals surface area (Å²) in [7, 11) is 0. The molecule has 1 fully saturated rings. The van der Waals surface area contributed by atoms with Gasteiger partial charge in [0.25, 0.3) is 0 Å². The summed E-state index contributed by atoms with van der Waals surface area (Å²) in [4.78, 5) is 26.8. The van der Waals surface area contributed by atoms with Crippen molar-refractivity contribution in [3.8, 4) is 11.4 Å². The molecule has 1 unspecified atom stereocenters. The molecule has 11 heteroatoms. The van der Waals surface area contributed by atoms with E-state index in [0.717, 1.165) is 24.9 Å². The van der Waals surface area contributed by atoms with Crippen LogP contribution in [0.1, 0.15) is 15.9 Å². The maximum absolute atomic E-state index is 12.4. The van der Waals surface area contributed by atoms with Crippen molar-refractivity contribution < 1.29 is 14.3 Å². The molecule has 2 heterocycles. The molecule has 1 aliphatic heterocycles. The number of morpholine rings is 1. The number of carbonyl (C=O) groups excluding carboxylic acids is 2. The lowest BCUT2D eigenvalue weighted by molar-refractivity contribution is -0.123. The van der Waals surface area contributed by atoms with Crippen molar-refractivity contribution >= 4 is 35.4 Å². The lowest BCUT2D eigenvalue weighted by Gasteiger charge is -2.33. The van der Waals surface area contributed by atoms with Crippen LogP contribution in [0.4, 0.5) is 0 Å². The van der Waals surface area contributed by atoms with Crippen LogP contribution < -0.4 is 5.32 Å². The van der Waals surface area contributed by atoms with Gasteiger partial charge >= 0.3 is 0 Å². The SMILES string of the molecule is O=Cc1cccc(-c2nnn(CC(=O)NCC3CN(Cc4ccc(Cl)c(Cl)c4)CCO3)n2)c1. The van der Waals surface area contributed by atoms with Crippen LogP contribution in [0.5, 0.6) is 0 Å². The number of tetrazole rings is 1. The fraction of sp³-hybridized carbons (Fsp3) is 0.318. The molecule has 0 bridgehead atoms. The van der Waals surface area contributed by atoms with Gasteiger partial charge in [0.1, 0.15) is 12.8 Å². The smallest absolute Gasteiger partial charge is 0.243 e. The molecule has 0 radical (unpaired) electrons. The van der Waals surface area contributed by atoms with Crippen LogP contribution in [0.15, 0.2) is 42.5 Å². The van der Waals surface area contributed by atoms with Crippen molar-refractivity contribution in [2.45, 2.75) is 19.2 Å². The monoisotopic (exact) mass is 488 g/mol. The van der Waals surface area contributed by atoms with Crippen LogP contribution >= 0.6 is 23.2 Å². The summed E-state index contributed by atoms with van der Waals surface area (Å²) in [6.45, 7) is 3.08. The second-order valence-electron chi connectivity index (χ2n) is 7.67. The predicted molar refractivity (Wildman–Crippen MR) is 123 cm³/mol. The van der Waals surface area contributed by atoms with Gasteiger partial charge in [-0.15, -0.1) is 10.2 Å². The molecule has 1 aromatic heterocycles. The van der Waals surface area contributed by atoms with E-state index in [1.165, 1.54) is 4.80 Å². The van der Waals surface area contributed by atoms with Crippen molar-refractivity contribution in [2.24, 2.45) is 0 Å². The van der Waals surface area contributed by atoms with E-state index in [1.807, 2.05) is 12.1 Å². The zero-order valence-corrected chi connectivity index (χ0v) is 19.2.